The zero-order valence-electron chi connectivity index (χ0n) is 14.0. The first-order valence-electron chi connectivity index (χ1n) is 7.81. The second-order valence-corrected chi connectivity index (χ2v) is 5.88. The molecule has 4 nitrogen and oxygen atoms in total. The summed E-state index contributed by atoms with van der Waals surface area (Å²) < 4.78 is 0. The van der Waals surface area contributed by atoms with Crippen molar-refractivity contribution >= 4 is 11.6 Å². The predicted molar refractivity (Wildman–Crippen MR) is 96.1 cm³/mol. The number of carbonyl (C=O) groups is 1. The van der Waals surface area contributed by atoms with Gasteiger partial charge in [-0.2, -0.15) is 0 Å². The van der Waals surface area contributed by atoms with Gasteiger partial charge in [0, 0.05) is 17.4 Å². The van der Waals surface area contributed by atoms with E-state index >= 15 is 0 Å². The number of nitrogens with one attached hydrogen (secondary N) is 1. The third kappa shape index (κ3) is 3.49. The molecular weight excluding hydrogens is 298 g/mol. The number of hydrogen-bond donors (Lipinski definition) is 1. The van der Waals surface area contributed by atoms with Gasteiger partial charge in [0.1, 0.15) is 0 Å². The Bertz CT molecular complexity index is 886. The summed E-state index contributed by atoms with van der Waals surface area (Å²) in [7, 11) is 0. The maximum absolute atomic E-state index is 12.4. The zero-order valence-corrected chi connectivity index (χ0v) is 14.0. The molecule has 1 N–H and O–H groups in total. The Labute approximate surface area is 141 Å². The summed E-state index contributed by atoms with van der Waals surface area (Å²) in [4.78, 5) is 21.3. The van der Waals surface area contributed by atoms with Crippen molar-refractivity contribution in [3.8, 4) is 11.4 Å². The van der Waals surface area contributed by atoms with Crippen LogP contribution in [-0.4, -0.2) is 15.9 Å². The quantitative estimate of drug-likeness (QED) is 0.782. The maximum Gasteiger partial charge on any atom is 0.259 e. The van der Waals surface area contributed by atoms with Crippen LogP contribution in [-0.2, 0) is 0 Å². The maximum atomic E-state index is 12.4. The fourth-order valence-electron chi connectivity index (χ4n) is 2.45. The van der Waals surface area contributed by atoms with Crippen molar-refractivity contribution in [3.63, 3.8) is 0 Å². The van der Waals surface area contributed by atoms with Gasteiger partial charge in [0.25, 0.3) is 5.91 Å². The van der Waals surface area contributed by atoms with Crippen LogP contribution in [0.25, 0.3) is 11.4 Å². The fourth-order valence-corrected chi connectivity index (χ4v) is 2.45. The molecule has 0 saturated heterocycles. The van der Waals surface area contributed by atoms with Crippen molar-refractivity contribution < 1.29 is 4.79 Å². The lowest BCUT2D eigenvalue weighted by Crippen LogP contribution is -2.15. The molecule has 0 aliphatic carbocycles. The molecule has 0 unspecified atom stereocenters. The second kappa shape index (κ2) is 6.62. The molecular formula is C20H19N3O. The van der Waals surface area contributed by atoms with Gasteiger partial charge in [-0.3, -0.25) is 4.79 Å². The van der Waals surface area contributed by atoms with Crippen LogP contribution in [0, 0.1) is 20.8 Å². The third-order valence-corrected chi connectivity index (χ3v) is 3.81. The van der Waals surface area contributed by atoms with Crippen molar-refractivity contribution in [1.29, 1.82) is 0 Å². The molecule has 0 bridgehead atoms. The molecule has 0 spiro atoms. The average Bonchev–Trinajstić information content (AvgIpc) is 2.55. The van der Waals surface area contributed by atoms with Gasteiger partial charge in [-0.05, 0) is 38.5 Å². The molecule has 120 valence electrons. The van der Waals surface area contributed by atoms with Crippen molar-refractivity contribution in [2.24, 2.45) is 0 Å². The van der Waals surface area contributed by atoms with Crippen LogP contribution in [0.4, 0.5) is 5.69 Å². The van der Waals surface area contributed by atoms with E-state index in [0.29, 0.717) is 17.1 Å². The van der Waals surface area contributed by atoms with Gasteiger partial charge in [0.15, 0.2) is 5.82 Å². The molecule has 4 heteroatoms. The van der Waals surface area contributed by atoms with Crippen LogP contribution in [0.2, 0.25) is 0 Å². The standard InChI is InChI=1S/C20H19N3O/c1-13-7-9-16(10-8-13)19-21-12-18(15(3)22-19)20(24)23-17-6-4-5-14(2)11-17/h4-12H,1-3H3,(H,23,24). The molecule has 0 fully saturated rings. The molecule has 2 aromatic carbocycles. The van der Waals surface area contributed by atoms with Crippen molar-refractivity contribution in [2.45, 2.75) is 20.8 Å². The Kier molecular flexibility index (Phi) is 4.38. The highest BCUT2D eigenvalue weighted by atomic mass is 16.1. The number of aromatic nitrogens is 2. The summed E-state index contributed by atoms with van der Waals surface area (Å²) in [6.07, 6.45) is 1.59. The minimum atomic E-state index is -0.200. The van der Waals surface area contributed by atoms with Gasteiger partial charge in [0.2, 0.25) is 0 Å². The normalized spacial score (nSPS) is 10.5. The summed E-state index contributed by atoms with van der Waals surface area (Å²) in [5.41, 5.74) is 5.12. The lowest BCUT2D eigenvalue weighted by Gasteiger charge is -2.09. The monoisotopic (exact) mass is 317 g/mol. The summed E-state index contributed by atoms with van der Waals surface area (Å²) in [6.45, 7) is 5.85. The second-order valence-electron chi connectivity index (χ2n) is 5.88. The Balaban J connectivity index is 1.84. The summed E-state index contributed by atoms with van der Waals surface area (Å²) in [5, 5.41) is 2.89. The molecule has 1 aromatic heterocycles. The van der Waals surface area contributed by atoms with Crippen LogP contribution in [0.5, 0.6) is 0 Å². The molecule has 0 saturated carbocycles. The van der Waals surface area contributed by atoms with Gasteiger partial charge >= 0.3 is 0 Å². The van der Waals surface area contributed by atoms with E-state index in [4.69, 9.17) is 0 Å². The lowest BCUT2D eigenvalue weighted by atomic mass is 10.1. The molecule has 3 aromatic rings. The first-order chi connectivity index (χ1) is 11.5. The predicted octanol–water partition coefficient (Wildman–Crippen LogP) is 4.32. The smallest absolute Gasteiger partial charge is 0.259 e. The van der Waals surface area contributed by atoms with Gasteiger partial charge in [-0.1, -0.05) is 42.0 Å². The van der Waals surface area contributed by atoms with E-state index in [-0.39, 0.29) is 5.91 Å². The van der Waals surface area contributed by atoms with E-state index in [1.54, 1.807) is 6.20 Å². The third-order valence-electron chi connectivity index (χ3n) is 3.81. The first kappa shape index (κ1) is 15.9. The summed E-state index contributed by atoms with van der Waals surface area (Å²) in [5.74, 6) is 0.424. The molecule has 0 aliphatic heterocycles. The highest BCUT2D eigenvalue weighted by Gasteiger charge is 2.13. The van der Waals surface area contributed by atoms with E-state index in [1.165, 1.54) is 5.56 Å². The number of aryl methyl sites for hydroxylation is 3. The number of carbonyl (C=O) groups excluding carboxylic acids is 1. The highest BCUT2D eigenvalue weighted by molar-refractivity contribution is 6.04. The zero-order chi connectivity index (χ0) is 17.1. The van der Waals surface area contributed by atoms with Crippen LogP contribution in [0.1, 0.15) is 27.2 Å². The Morgan fingerprint density at radius 2 is 1.71 bits per heavy atom. The number of rotatable bonds is 3. The fraction of sp³-hybridized carbons (Fsp3) is 0.150. The van der Waals surface area contributed by atoms with Crippen molar-refractivity contribution in [1.82, 2.24) is 9.97 Å². The highest BCUT2D eigenvalue weighted by Crippen LogP contribution is 2.18. The minimum Gasteiger partial charge on any atom is -0.322 e. The Hall–Kier alpha value is -3.01. The van der Waals surface area contributed by atoms with E-state index in [1.807, 2.05) is 69.3 Å². The largest absolute Gasteiger partial charge is 0.322 e. The molecule has 3 rings (SSSR count). The summed E-state index contributed by atoms with van der Waals surface area (Å²) >= 11 is 0. The Morgan fingerprint density at radius 3 is 2.38 bits per heavy atom. The van der Waals surface area contributed by atoms with Gasteiger partial charge in [-0.15, -0.1) is 0 Å². The average molecular weight is 317 g/mol. The Morgan fingerprint density at radius 1 is 0.958 bits per heavy atom. The lowest BCUT2D eigenvalue weighted by molar-refractivity contribution is 0.102. The van der Waals surface area contributed by atoms with E-state index in [0.717, 1.165) is 16.8 Å². The SMILES string of the molecule is Cc1ccc(-c2ncc(C(=O)Nc3cccc(C)c3)c(C)n2)cc1. The molecule has 0 aliphatic rings. The minimum absolute atomic E-state index is 0.200. The van der Waals surface area contributed by atoms with E-state index in [2.05, 4.69) is 15.3 Å². The van der Waals surface area contributed by atoms with E-state index in [9.17, 15) is 4.79 Å². The van der Waals surface area contributed by atoms with E-state index < -0.39 is 0 Å². The van der Waals surface area contributed by atoms with Crippen LogP contribution >= 0.6 is 0 Å². The molecule has 0 atom stereocenters. The molecule has 0 radical (unpaired) electrons. The molecule has 1 amide bonds. The van der Waals surface area contributed by atoms with Crippen LogP contribution in [0.15, 0.2) is 54.7 Å². The van der Waals surface area contributed by atoms with Crippen LogP contribution < -0.4 is 5.32 Å². The van der Waals surface area contributed by atoms with Crippen molar-refractivity contribution in [2.75, 3.05) is 5.32 Å². The first-order valence-corrected chi connectivity index (χ1v) is 7.81. The van der Waals surface area contributed by atoms with Gasteiger partial charge < -0.3 is 5.32 Å². The van der Waals surface area contributed by atoms with Gasteiger partial charge in [-0.25, -0.2) is 9.97 Å². The van der Waals surface area contributed by atoms with Gasteiger partial charge in [0.05, 0.1) is 11.3 Å². The van der Waals surface area contributed by atoms with Crippen LogP contribution in [0.3, 0.4) is 0 Å². The van der Waals surface area contributed by atoms with Crippen molar-refractivity contribution in [3.05, 3.63) is 77.1 Å². The number of benzene rings is 2. The summed E-state index contributed by atoms with van der Waals surface area (Å²) in [6, 6.07) is 15.7. The number of anilines is 1. The number of hydrogen-bond acceptors (Lipinski definition) is 3. The number of amides is 1. The molecule has 1 heterocycles. The topological polar surface area (TPSA) is 54.9 Å². The molecule has 24 heavy (non-hydrogen) atoms. The number of nitrogens with zero attached hydrogens (tertiary/aromatic N) is 2.